The Labute approximate surface area is 120 Å². The van der Waals surface area contributed by atoms with Crippen molar-refractivity contribution >= 4 is 48.9 Å². The van der Waals surface area contributed by atoms with Gasteiger partial charge in [0.25, 0.3) is 0 Å². The summed E-state index contributed by atoms with van der Waals surface area (Å²) in [5, 5.41) is 1.94. The Bertz CT molecular complexity index is 461. The highest BCUT2D eigenvalue weighted by molar-refractivity contribution is 9.10. The van der Waals surface area contributed by atoms with Gasteiger partial charge in [0.2, 0.25) is 10.0 Å². The van der Waals surface area contributed by atoms with Crippen molar-refractivity contribution in [3.63, 3.8) is 0 Å². The van der Waals surface area contributed by atoms with Gasteiger partial charge in [-0.2, -0.15) is 4.31 Å². The van der Waals surface area contributed by atoms with Crippen molar-refractivity contribution < 1.29 is 8.42 Å². The largest absolute Gasteiger partial charge is 0.214 e. The van der Waals surface area contributed by atoms with E-state index < -0.39 is 10.0 Å². The smallest absolute Gasteiger partial charge is 0.212 e. The van der Waals surface area contributed by atoms with Gasteiger partial charge in [0.05, 0.1) is 5.75 Å². The first kappa shape index (κ1) is 15.4. The lowest BCUT2D eigenvalue weighted by atomic mass is 10.3. The molecular weight excluding hydrogens is 346 g/mol. The highest BCUT2D eigenvalue weighted by Gasteiger charge is 2.21. The van der Waals surface area contributed by atoms with E-state index >= 15 is 0 Å². The Balaban J connectivity index is 2.66. The van der Waals surface area contributed by atoms with Crippen molar-refractivity contribution in [2.45, 2.75) is 13.5 Å². The van der Waals surface area contributed by atoms with Crippen molar-refractivity contribution in [1.29, 1.82) is 0 Å². The Morgan fingerprint density at radius 3 is 2.71 bits per heavy atom. The van der Waals surface area contributed by atoms with Gasteiger partial charge >= 0.3 is 0 Å². The third-order valence-electron chi connectivity index (χ3n) is 2.23. The zero-order valence-corrected chi connectivity index (χ0v) is 13.7. The predicted molar refractivity (Wildman–Crippen MR) is 77.2 cm³/mol. The molecule has 0 aliphatic rings. The SMILES string of the molecule is CC(CCl)CS(=O)(=O)N(C)Cc1cc(Br)cs1. The normalized spacial score (nSPS) is 14.2. The lowest BCUT2D eigenvalue weighted by Crippen LogP contribution is -2.31. The van der Waals surface area contributed by atoms with E-state index in [1.165, 1.54) is 15.6 Å². The van der Waals surface area contributed by atoms with Crippen LogP contribution in [0.4, 0.5) is 0 Å². The van der Waals surface area contributed by atoms with Crippen molar-refractivity contribution in [3.05, 3.63) is 20.8 Å². The summed E-state index contributed by atoms with van der Waals surface area (Å²) in [4.78, 5) is 1.02. The molecule has 0 aliphatic carbocycles. The number of hydrogen-bond acceptors (Lipinski definition) is 3. The maximum Gasteiger partial charge on any atom is 0.214 e. The van der Waals surface area contributed by atoms with Crippen LogP contribution in [0.25, 0.3) is 0 Å². The van der Waals surface area contributed by atoms with Crippen LogP contribution in [0.15, 0.2) is 15.9 Å². The number of alkyl halides is 1. The molecule has 98 valence electrons. The monoisotopic (exact) mass is 359 g/mol. The van der Waals surface area contributed by atoms with Gasteiger partial charge in [0.15, 0.2) is 0 Å². The van der Waals surface area contributed by atoms with Gasteiger partial charge in [-0.3, -0.25) is 0 Å². The van der Waals surface area contributed by atoms with Crippen LogP contribution in [0.2, 0.25) is 0 Å². The topological polar surface area (TPSA) is 37.4 Å². The summed E-state index contributed by atoms with van der Waals surface area (Å²) in [6.45, 7) is 2.24. The molecule has 0 amide bonds. The molecule has 1 unspecified atom stereocenters. The van der Waals surface area contributed by atoms with Gasteiger partial charge in [0.1, 0.15) is 0 Å². The van der Waals surface area contributed by atoms with E-state index in [0.717, 1.165) is 9.35 Å². The van der Waals surface area contributed by atoms with E-state index in [2.05, 4.69) is 15.9 Å². The molecule has 1 aromatic heterocycles. The molecule has 0 fully saturated rings. The second-order valence-corrected chi connectivity index (χ2v) is 8.37. The third kappa shape index (κ3) is 4.87. The number of thiophene rings is 1. The predicted octanol–water partition coefficient (Wildman–Crippen LogP) is 3.15. The summed E-state index contributed by atoms with van der Waals surface area (Å²) in [5.74, 6) is 0.427. The quantitative estimate of drug-likeness (QED) is 0.731. The lowest BCUT2D eigenvalue weighted by molar-refractivity contribution is 0.463. The van der Waals surface area contributed by atoms with E-state index in [-0.39, 0.29) is 11.7 Å². The minimum absolute atomic E-state index is 0.0285. The average molecular weight is 361 g/mol. The molecule has 0 N–H and O–H groups in total. The lowest BCUT2D eigenvalue weighted by Gasteiger charge is -2.18. The van der Waals surface area contributed by atoms with Gasteiger partial charge in [-0.15, -0.1) is 22.9 Å². The van der Waals surface area contributed by atoms with E-state index in [0.29, 0.717) is 12.4 Å². The van der Waals surface area contributed by atoms with Crippen LogP contribution >= 0.6 is 38.9 Å². The molecule has 0 aliphatic heterocycles. The summed E-state index contributed by atoms with van der Waals surface area (Å²) < 4.78 is 26.3. The van der Waals surface area contributed by atoms with E-state index in [1.807, 2.05) is 18.4 Å². The summed E-state index contributed by atoms with van der Waals surface area (Å²) in [6.07, 6.45) is 0. The highest BCUT2D eigenvalue weighted by Crippen LogP contribution is 2.22. The third-order valence-corrected chi connectivity index (χ3v) is 6.51. The fraction of sp³-hybridized carbons (Fsp3) is 0.600. The maximum absolute atomic E-state index is 12.0. The maximum atomic E-state index is 12.0. The van der Waals surface area contributed by atoms with Crippen LogP contribution < -0.4 is 0 Å². The fourth-order valence-corrected chi connectivity index (χ4v) is 4.54. The van der Waals surface area contributed by atoms with Crippen LogP contribution in [-0.2, 0) is 16.6 Å². The van der Waals surface area contributed by atoms with Gasteiger partial charge in [-0.25, -0.2) is 8.42 Å². The Hall–Kier alpha value is 0.380. The molecule has 0 saturated carbocycles. The minimum Gasteiger partial charge on any atom is -0.212 e. The average Bonchev–Trinajstić information content (AvgIpc) is 2.63. The molecule has 1 aromatic rings. The molecule has 3 nitrogen and oxygen atoms in total. The van der Waals surface area contributed by atoms with E-state index in [1.54, 1.807) is 7.05 Å². The second kappa shape index (κ2) is 6.52. The number of sulfonamides is 1. The van der Waals surface area contributed by atoms with Crippen molar-refractivity contribution in [3.8, 4) is 0 Å². The zero-order valence-electron chi connectivity index (χ0n) is 9.69. The number of hydrogen-bond donors (Lipinski definition) is 0. The zero-order chi connectivity index (χ0) is 13.1. The molecule has 0 bridgehead atoms. The van der Waals surface area contributed by atoms with Gasteiger partial charge in [-0.1, -0.05) is 6.92 Å². The molecule has 0 saturated heterocycles. The van der Waals surface area contributed by atoms with Gasteiger partial charge in [-0.05, 0) is 27.9 Å². The Kier molecular flexibility index (Phi) is 5.92. The van der Waals surface area contributed by atoms with Gasteiger partial charge in [0, 0.05) is 34.2 Å². The van der Waals surface area contributed by atoms with Crippen molar-refractivity contribution in [1.82, 2.24) is 4.31 Å². The molecule has 1 rings (SSSR count). The summed E-state index contributed by atoms with van der Waals surface area (Å²) in [7, 11) is -1.62. The van der Waals surface area contributed by atoms with E-state index in [4.69, 9.17) is 11.6 Å². The molecule has 0 spiro atoms. The highest BCUT2D eigenvalue weighted by atomic mass is 79.9. The van der Waals surface area contributed by atoms with Gasteiger partial charge < -0.3 is 0 Å². The van der Waals surface area contributed by atoms with Crippen LogP contribution in [0, 0.1) is 5.92 Å². The Morgan fingerprint density at radius 2 is 2.24 bits per heavy atom. The molecule has 7 heteroatoms. The van der Waals surface area contributed by atoms with Crippen LogP contribution in [0.3, 0.4) is 0 Å². The molecule has 17 heavy (non-hydrogen) atoms. The van der Waals surface area contributed by atoms with Crippen LogP contribution in [0.1, 0.15) is 11.8 Å². The standard InChI is InChI=1S/C10H15BrClNO2S2/c1-8(4-12)7-17(14,15)13(2)5-10-3-9(11)6-16-10/h3,6,8H,4-5,7H2,1-2H3. The molecule has 1 atom stereocenters. The van der Waals surface area contributed by atoms with Crippen LogP contribution in [0.5, 0.6) is 0 Å². The van der Waals surface area contributed by atoms with Crippen molar-refractivity contribution in [2.24, 2.45) is 5.92 Å². The first-order valence-electron chi connectivity index (χ1n) is 5.08. The Morgan fingerprint density at radius 1 is 1.59 bits per heavy atom. The number of rotatable bonds is 6. The summed E-state index contributed by atoms with van der Waals surface area (Å²) in [5.41, 5.74) is 0. The van der Waals surface area contributed by atoms with Crippen molar-refractivity contribution in [2.75, 3.05) is 18.7 Å². The first-order chi connectivity index (χ1) is 7.85. The first-order valence-corrected chi connectivity index (χ1v) is 8.89. The summed E-state index contributed by atoms with van der Waals surface area (Å²) in [6, 6.07) is 1.93. The molecule has 0 aromatic carbocycles. The summed E-state index contributed by atoms with van der Waals surface area (Å²) >= 11 is 10.5. The number of halogens is 2. The molecule has 1 heterocycles. The number of nitrogens with zero attached hydrogens (tertiary/aromatic N) is 1. The minimum atomic E-state index is -3.22. The van der Waals surface area contributed by atoms with E-state index in [9.17, 15) is 8.42 Å². The molecule has 0 radical (unpaired) electrons. The molecular formula is C10H15BrClNO2S2. The van der Waals surface area contributed by atoms with Crippen LogP contribution in [-0.4, -0.2) is 31.4 Å². The fourth-order valence-electron chi connectivity index (χ4n) is 1.29. The second-order valence-electron chi connectivity index (χ2n) is 4.03.